The molecule has 0 aliphatic rings. The summed E-state index contributed by atoms with van der Waals surface area (Å²) in [5.41, 5.74) is 1.93. The van der Waals surface area contributed by atoms with Crippen LogP contribution in [0.2, 0.25) is 0 Å². The molecular weight excluding hydrogens is 390 g/mol. The third-order valence-corrected chi connectivity index (χ3v) is 5.46. The topological polar surface area (TPSA) is 95.6 Å². The summed E-state index contributed by atoms with van der Waals surface area (Å²) in [5, 5.41) is 5.32. The number of hydrogen-bond donors (Lipinski definition) is 2. The first-order valence-corrected chi connectivity index (χ1v) is 10.8. The number of carbonyl (C=O) groups is 2. The van der Waals surface area contributed by atoms with E-state index in [-0.39, 0.29) is 18.0 Å². The molecule has 1 atom stereocenters. The maximum atomic E-state index is 12.9. The Hall–Kier alpha value is -3.13. The van der Waals surface area contributed by atoms with Crippen molar-refractivity contribution in [1.29, 1.82) is 0 Å². The van der Waals surface area contributed by atoms with Crippen molar-refractivity contribution in [3.8, 4) is 0 Å². The van der Waals surface area contributed by atoms with Crippen LogP contribution in [-0.2, 0) is 14.8 Å². The molecule has 1 unspecified atom stereocenters. The number of amides is 2. The van der Waals surface area contributed by atoms with Crippen LogP contribution in [0.3, 0.4) is 0 Å². The van der Waals surface area contributed by atoms with Gasteiger partial charge in [-0.15, -0.1) is 6.58 Å². The fourth-order valence-electron chi connectivity index (χ4n) is 2.79. The quantitative estimate of drug-likeness (QED) is 0.648. The molecule has 7 nitrogen and oxygen atoms in total. The highest BCUT2D eigenvalue weighted by Gasteiger charge is 2.29. The highest BCUT2D eigenvalue weighted by molar-refractivity contribution is 7.92. The minimum atomic E-state index is -3.72. The number of hydrogen-bond acceptors (Lipinski definition) is 4. The van der Waals surface area contributed by atoms with Gasteiger partial charge in [-0.2, -0.15) is 0 Å². The molecule has 0 spiro atoms. The summed E-state index contributed by atoms with van der Waals surface area (Å²) in [6.45, 7) is 7.22. The van der Waals surface area contributed by atoms with Gasteiger partial charge in [0.15, 0.2) is 0 Å². The van der Waals surface area contributed by atoms with Gasteiger partial charge in [-0.1, -0.05) is 35.9 Å². The van der Waals surface area contributed by atoms with Crippen LogP contribution in [0.15, 0.2) is 61.2 Å². The van der Waals surface area contributed by atoms with E-state index in [9.17, 15) is 18.0 Å². The second-order valence-electron chi connectivity index (χ2n) is 6.60. The van der Waals surface area contributed by atoms with Crippen molar-refractivity contribution in [3.63, 3.8) is 0 Å². The van der Waals surface area contributed by atoms with Crippen LogP contribution in [0.1, 0.15) is 22.8 Å². The molecule has 154 valence electrons. The van der Waals surface area contributed by atoms with Crippen LogP contribution in [0, 0.1) is 6.92 Å². The van der Waals surface area contributed by atoms with E-state index in [2.05, 4.69) is 17.2 Å². The van der Waals surface area contributed by atoms with Crippen LogP contribution in [0.4, 0.5) is 11.4 Å². The molecule has 0 aromatic heterocycles. The number of para-hydroxylation sites is 1. The summed E-state index contributed by atoms with van der Waals surface area (Å²) in [6, 6.07) is 12.3. The average molecular weight is 416 g/mol. The van der Waals surface area contributed by atoms with Gasteiger partial charge in [-0.3, -0.25) is 13.9 Å². The molecule has 0 bridgehead atoms. The number of aryl methyl sites for hydroxylation is 1. The predicted molar refractivity (Wildman–Crippen MR) is 116 cm³/mol. The Kier molecular flexibility index (Phi) is 7.17. The average Bonchev–Trinajstić information content (AvgIpc) is 2.67. The van der Waals surface area contributed by atoms with E-state index in [0.29, 0.717) is 11.4 Å². The molecule has 29 heavy (non-hydrogen) atoms. The minimum absolute atomic E-state index is 0.274. The first-order chi connectivity index (χ1) is 13.6. The van der Waals surface area contributed by atoms with Crippen LogP contribution in [0.25, 0.3) is 0 Å². The monoisotopic (exact) mass is 415 g/mol. The largest absolute Gasteiger partial charge is 0.349 e. The third kappa shape index (κ3) is 5.68. The molecule has 8 heteroatoms. The summed E-state index contributed by atoms with van der Waals surface area (Å²) in [4.78, 5) is 25.2. The number of nitrogens with zero attached hydrogens (tertiary/aromatic N) is 1. The number of anilines is 2. The summed E-state index contributed by atoms with van der Waals surface area (Å²) in [7, 11) is -3.72. The zero-order valence-corrected chi connectivity index (χ0v) is 17.5. The molecule has 2 N–H and O–H groups in total. The predicted octanol–water partition coefficient (Wildman–Crippen LogP) is 2.70. The molecule has 2 rings (SSSR count). The third-order valence-electron chi connectivity index (χ3n) is 4.21. The van der Waals surface area contributed by atoms with Crippen molar-refractivity contribution in [2.45, 2.75) is 19.9 Å². The standard InChI is InChI=1S/C21H25N3O4S/c1-5-14-22-21(26)18-8-6-7-9-19(18)23-20(25)16(3)24(29(4,27)28)17-12-10-15(2)11-13-17/h5-13,16H,1,14H2,2-4H3,(H,22,26)(H,23,25). The second kappa shape index (κ2) is 9.38. The highest BCUT2D eigenvalue weighted by Crippen LogP contribution is 2.23. The lowest BCUT2D eigenvalue weighted by Crippen LogP contribution is -2.45. The number of sulfonamides is 1. The molecule has 0 aliphatic carbocycles. The first kappa shape index (κ1) is 22.2. The van der Waals surface area contributed by atoms with Gasteiger partial charge in [0.2, 0.25) is 15.9 Å². The molecular formula is C21H25N3O4S. The molecule has 2 aromatic carbocycles. The van der Waals surface area contributed by atoms with E-state index in [1.807, 2.05) is 6.92 Å². The van der Waals surface area contributed by atoms with Crippen molar-refractivity contribution in [2.24, 2.45) is 0 Å². The maximum Gasteiger partial charge on any atom is 0.253 e. The van der Waals surface area contributed by atoms with Gasteiger partial charge in [0.1, 0.15) is 6.04 Å². The number of nitrogens with one attached hydrogen (secondary N) is 2. The van der Waals surface area contributed by atoms with Crippen LogP contribution < -0.4 is 14.9 Å². The normalized spacial score (nSPS) is 12.0. The number of rotatable bonds is 8. The van der Waals surface area contributed by atoms with E-state index in [1.54, 1.807) is 54.6 Å². The lowest BCUT2D eigenvalue weighted by atomic mass is 10.1. The molecule has 0 aliphatic heterocycles. The minimum Gasteiger partial charge on any atom is -0.349 e. The van der Waals surface area contributed by atoms with Crippen molar-refractivity contribution in [2.75, 3.05) is 22.4 Å². The zero-order chi connectivity index (χ0) is 21.6. The summed E-state index contributed by atoms with van der Waals surface area (Å²) < 4.78 is 25.8. The number of benzene rings is 2. The summed E-state index contributed by atoms with van der Waals surface area (Å²) in [6.07, 6.45) is 2.60. The fraction of sp³-hybridized carbons (Fsp3) is 0.238. The van der Waals surface area contributed by atoms with Crippen LogP contribution in [0.5, 0.6) is 0 Å². The molecule has 2 amide bonds. The maximum absolute atomic E-state index is 12.9. The van der Waals surface area contributed by atoms with Crippen LogP contribution in [-0.4, -0.2) is 39.1 Å². The van der Waals surface area contributed by atoms with Crippen LogP contribution >= 0.6 is 0 Å². The molecule has 0 heterocycles. The SMILES string of the molecule is C=CCNC(=O)c1ccccc1NC(=O)C(C)N(c1ccc(C)cc1)S(C)(=O)=O. The van der Waals surface area contributed by atoms with Crippen molar-refractivity contribution >= 4 is 33.2 Å². The Morgan fingerprint density at radius 1 is 1.14 bits per heavy atom. The van der Waals surface area contributed by atoms with Gasteiger partial charge in [-0.05, 0) is 38.1 Å². The van der Waals surface area contributed by atoms with Crippen molar-refractivity contribution < 1.29 is 18.0 Å². The Balaban J connectivity index is 2.30. The van der Waals surface area contributed by atoms with E-state index >= 15 is 0 Å². The van der Waals surface area contributed by atoms with Crippen molar-refractivity contribution in [3.05, 3.63) is 72.3 Å². The van der Waals surface area contributed by atoms with Gasteiger partial charge in [0, 0.05) is 6.54 Å². The molecule has 0 radical (unpaired) electrons. The number of carbonyl (C=O) groups excluding carboxylic acids is 2. The Morgan fingerprint density at radius 3 is 2.34 bits per heavy atom. The van der Waals surface area contributed by atoms with Gasteiger partial charge < -0.3 is 10.6 Å². The molecule has 0 saturated heterocycles. The molecule has 2 aromatic rings. The lowest BCUT2D eigenvalue weighted by Gasteiger charge is -2.28. The second-order valence-corrected chi connectivity index (χ2v) is 8.46. The molecule has 0 saturated carbocycles. The lowest BCUT2D eigenvalue weighted by molar-refractivity contribution is -0.116. The van der Waals surface area contributed by atoms with Gasteiger partial charge in [0.25, 0.3) is 5.91 Å². The Bertz CT molecular complexity index is 1000. The zero-order valence-electron chi connectivity index (χ0n) is 16.7. The Labute approximate surface area is 171 Å². The van der Waals surface area contributed by atoms with E-state index in [0.717, 1.165) is 16.1 Å². The van der Waals surface area contributed by atoms with Gasteiger partial charge in [0.05, 0.1) is 23.2 Å². The Morgan fingerprint density at radius 2 is 1.76 bits per heavy atom. The van der Waals surface area contributed by atoms with Gasteiger partial charge >= 0.3 is 0 Å². The van der Waals surface area contributed by atoms with Crippen molar-refractivity contribution in [1.82, 2.24) is 5.32 Å². The highest BCUT2D eigenvalue weighted by atomic mass is 32.2. The summed E-state index contributed by atoms with van der Waals surface area (Å²) in [5.74, 6) is -0.924. The van der Waals surface area contributed by atoms with E-state index < -0.39 is 22.0 Å². The van der Waals surface area contributed by atoms with E-state index in [4.69, 9.17) is 0 Å². The summed E-state index contributed by atoms with van der Waals surface area (Å²) >= 11 is 0. The fourth-order valence-corrected chi connectivity index (χ4v) is 3.96. The van der Waals surface area contributed by atoms with E-state index in [1.165, 1.54) is 6.92 Å². The smallest absolute Gasteiger partial charge is 0.253 e. The van der Waals surface area contributed by atoms with Gasteiger partial charge in [-0.25, -0.2) is 8.42 Å². The first-order valence-electron chi connectivity index (χ1n) is 9.00. The molecule has 0 fully saturated rings.